The van der Waals surface area contributed by atoms with E-state index in [4.69, 9.17) is 5.11 Å². The van der Waals surface area contributed by atoms with Gasteiger partial charge in [0.1, 0.15) is 0 Å². The lowest BCUT2D eigenvalue weighted by Crippen LogP contribution is -2.23. The molecule has 0 unspecified atom stereocenters. The molecule has 0 atom stereocenters. The minimum atomic E-state index is -0.970. The second-order valence-electron chi connectivity index (χ2n) is 4.20. The summed E-state index contributed by atoms with van der Waals surface area (Å²) < 4.78 is 2.07. The third kappa shape index (κ3) is 2.25. The van der Waals surface area contributed by atoms with Crippen LogP contribution in [0.1, 0.15) is 11.1 Å². The first kappa shape index (κ1) is 11.5. The molecule has 4 heteroatoms. The highest BCUT2D eigenvalue weighted by Crippen LogP contribution is 2.23. The van der Waals surface area contributed by atoms with Crippen LogP contribution in [-0.4, -0.2) is 22.3 Å². The van der Waals surface area contributed by atoms with Crippen LogP contribution < -0.4 is 5.32 Å². The topological polar surface area (TPSA) is 54.3 Å². The van der Waals surface area contributed by atoms with E-state index in [0.717, 1.165) is 6.42 Å². The number of hydrogen-bond donors (Lipinski definition) is 2. The fourth-order valence-electron chi connectivity index (χ4n) is 2.15. The maximum Gasteiger partial charge on any atom is 0.404 e. The number of carboxylic acid groups (broad SMARTS) is 1. The van der Waals surface area contributed by atoms with Crippen LogP contribution in [0.2, 0.25) is 0 Å². The summed E-state index contributed by atoms with van der Waals surface area (Å²) in [7, 11) is 2.01. The van der Waals surface area contributed by atoms with Crippen molar-refractivity contribution in [2.45, 2.75) is 13.3 Å². The molecular weight excluding hydrogens is 216 g/mol. The van der Waals surface area contributed by atoms with E-state index in [1.54, 1.807) is 0 Å². The van der Waals surface area contributed by atoms with Crippen LogP contribution in [0.15, 0.2) is 24.4 Å². The summed E-state index contributed by atoms with van der Waals surface area (Å²) in [5, 5.41) is 12.2. The van der Waals surface area contributed by atoms with E-state index in [1.165, 1.54) is 22.0 Å². The molecular formula is C13H16N2O2. The Morgan fingerprint density at radius 2 is 2.18 bits per heavy atom. The molecule has 0 saturated carbocycles. The highest BCUT2D eigenvalue weighted by Gasteiger charge is 2.07. The highest BCUT2D eigenvalue weighted by molar-refractivity contribution is 5.84. The second-order valence-corrected chi connectivity index (χ2v) is 4.20. The number of aryl methyl sites for hydroxylation is 2. The van der Waals surface area contributed by atoms with Crippen LogP contribution in [0.3, 0.4) is 0 Å². The number of aromatic nitrogens is 1. The normalized spacial score (nSPS) is 10.7. The van der Waals surface area contributed by atoms with E-state index < -0.39 is 6.09 Å². The maximum absolute atomic E-state index is 10.4. The van der Waals surface area contributed by atoms with Gasteiger partial charge in [-0.2, -0.15) is 0 Å². The van der Waals surface area contributed by atoms with Crippen molar-refractivity contribution >= 4 is 17.0 Å². The van der Waals surface area contributed by atoms with Crippen LogP contribution in [0.4, 0.5) is 4.79 Å². The molecule has 0 aliphatic heterocycles. The van der Waals surface area contributed by atoms with Crippen molar-refractivity contribution in [1.29, 1.82) is 0 Å². The third-order valence-corrected chi connectivity index (χ3v) is 3.06. The average Bonchev–Trinajstić information content (AvgIpc) is 2.63. The van der Waals surface area contributed by atoms with Crippen molar-refractivity contribution in [1.82, 2.24) is 9.88 Å². The molecule has 0 aliphatic rings. The molecule has 17 heavy (non-hydrogen) atoms. The van der Waals surface area contributed by atoms with E-state index in [2.05, 4.69) is 35.0 Å². The minimum Gasteiger partial charge on any atom is -0.465 e. The van der Waals surface area contributed by atoms with Crippen molar-refractivity contribution in [3.63, 3.8) is 0 Å². The molecule has 2 aromatic rings. The quantitative estimate of drug-likeness (QED) is 0.853. The summed E-state index contributed by atoms with van der Waals surface area (Å²) in [5.41, 5.74) is 3.61. The van der Waals surface area contributed by atoms with Gasteiger partial charge < -0.3 is 15.0 Å². The highest BCUT2D eigenvalue weighted by atomic mass is 16.4. The number of hydrogen-bond acceptors (Lipinski definition) is 1. The van der Waals surface area contributed by atoms with Crippen molar-refractivity contribution in [3.8, 4) is 0 Å². The first-order valence-electron chi connectivity index (χ1n) is 5.60. The van der Waals surface area contributed by atoms with Gasteiger partial charge in [-0.25, -0.2) is 4.79 Å². The molecule has 90 valence electrons. The molecule has 0 bridgehead atoms. The van der Waals surface area contributed by atoms with Crippen LogP contribution in [0, 0.1) is 6.92 Å². The molecule has 0 saturated heterocycles. The lowest BCUT2D eigenvalue weighted by molar-refractivity contribution is 0.194. The first-order valence-corrected chi connectivity index (χ1v) is 5.60. The predicted molar refractivity (Wildman–Crippen MR) is 67.4 cm³/mol. The van der Waals surface area contributed by atoms with E-state index in [-0.39, 0.29) is 0 Å². The Bertz CT molecular complexity index is 558. The van der Waals surface area contributed by atoms with Gasteiger partial charge in [-0.15, -0.1) is 0 Å². The summed E-state index contributed by atoms with van der Waals surface area (Å²) in [6.45, 7) is 2.51. The maximum atomic E-state index is 10.4. The Morgan fingerprint density at radius 1 is 1.41 bits per heavy atom. The Balaban J connectivity index is 2.31. The standard InChI is InChI=1S/C13H16N2O2/c1-9-3-4-12-11(6-8-15(12)2)10(9)5-7-14-13(16)17/h3-4,6,8,14H,5,7H2,1-2H3,(H,16,17). The monoisotopic (exact) mass is 232 g/mol. The zero-order chi connectivity index (χ0) is 12.4. The lowest BCUT2D eigenvalue weighted by Gasteiger charge is -2.08. The van der Waals surface area contributed by atoms with Gasteiger partial charge in [0.05, 0.1) is 0 Å². The van der Waals surface area contributed by atoms with E-state index >= 15 is 0 Å². The fourth-order valence-corrected chi connectivity index (χ4v) is 2.15. The number of nitrogens with zero attached hydrogens (tertiary/aromatic N) is 1. The van der Waals surface area contributed by atoms with Gasteiger partial charge in [-0.1, -0.05) is 6.07 Å². The van der Waals surface area contributed by atoms with Gasteiger partial charge in [0.2, 0.25) is 0 Å². The van der Waals surface area contributed by atoms with Gasteiger partial charge >= 0.3 is 6.09 Å². The van der Waals surface area contributed by atoms with Crippen molar-refractivity contribution < 1.29 is 9.90 Å². The van der Waals surface area contributed by atoms with Gasteiger partial charge in [-0.05, 0) is 36.6 Å². The van der Waals surface area contributed by atoms with Gasteiger partial charge in [0.15, 0.2) is 0 Å². The predicted octanol–water partition coefficient (Wildman–Crippen LogP) is 2.30. The summed E-state index contributed by atoms with van der Waals surface area (Å²) >= 11 is 0. The van der Waals surface area contributed by atoms with Crippen molar-refractivity contribution in [2.24, 2.45) is 7.05 Å². The third-order valence-electron chi connectivity index (χ3n) is 3.06. The number of benzene rings is 1. The zero-order valence-electron chi connectivity index (χ0n) is 10.0. The molecule has 2 rings (SSSR count). The number of amides is 1. The zero-order valence-corrected chi connectivity index (χ0v) is 10.0. The van der Waals surface area contributed by atoms with Crippen LogP contribution in [0.25, 0.3) is 10.9 Å². The molecule has 1 aromatic heterocycles. The smallest absolute Gasteiger partial charge is 0.404 e. The second kappa shape index (κ2) is 4.49. The minimum absolute atomic E-state index is 0.449. The SMILES string of the molecule is Cc1ccc2c(ccn2C)c1CCNC(=O)O. The Hall–Kier alpha value is -1.97. The number of fused-ring (bicyclic) bond motifs is 1. The Kier molecular flexibility index (Phi) is 3.04. The lowest BCUT2D eigenvalue weighted by atomic mass is 10.0. The van der Waals surface area contributed by atoms with Gasteiger partial charge in [0, 0.05) is 30.7 Å². The summed E-state index contributed by atoms with van der Waals surface area (Å²) in [6.07, 6.45) is 1.78. The number of carbonyl (C=O) groups is 1. The van der Waals surface area contributed by atoms with Gasteiger partial charge in [-0.3, -0.25) is 0 Å². The molecule has 1 amide bonds. The molecule has 1 heterocycles. The molecule has 0 spiro atoms. The molecule has 1 aromatic carbocycles. The van der Waals surface area contributed by atoms with Crippen LogP contribution in [0.5, 0.6) is 0 Å². The van der Waals surface area contributed by atoms with E-state index in [9.17, 15) is 4.79 Å². The summed E-state index contributed by atoms with van der Waals surface area (Å²) in [6, 6.07) is 6.26. The Morgan fingerprint density at radius 3 is 2.88 bits per heavy atom. The molecule has 0 fully saturated rings. The van der Waals surface area contributed by atoms with E-state index in [0.29, 0.717) is 6.54 Å². The number of nitrogens with one attached hydrogen (secondary N) is 1. The number of rotatable bonds is 3. The molecule has 2 N–H and O–H groups in total. The van der Waals surface area contributed by atoms with Crippen LogP contribution in [-0.2, 0) is 13.5 Å². The largest absolute Gasteiger partial charge is 0.465 e. The van der Waals surface area contributed by atoms with Crippen molar-refractivity contribution in [2.75, 3.05) is 6.54 Å². The molecule has 0 radical (unpaired) electrons. The molecule has 4 nitrogen and oxygen atoms in total. The summed E-state index contributed by atoms with van der Waals surface area (Å²) in [5.74, 6) is 0. The van der Waals surface area contributed by atoms with Crippen molar-refractivity contribution in [3.05, 3.63) is 35.5 Å². The Labute approximate surface area is 99.9 Å². The van der Waals surface area contributed by atoms with E-state index in [1.807, 2.05) is 13.2 Å². The van der Waals surface area contributed by atoms with Crippen LogP contribution >= 0.6 is 0 Å². The van der Waals surface area contributed by atoms with Gasteiger partial charge in [0.25, 0.3) is 0 Å². The summed E-state index contributed by atoms with van der Waals surface area (Å²) in [4.78, 5) is 10.4. The average molecular weight is 232 g/mol. The first-order chi connectivity index (χ1) is 8.09. The molecule has 0 aliphatic carbocycles. The fraction of sp³-hybridized carbons (Fsp3) is 0.308.